The van der Waals surface area contributed by atoms with Gasteiger partial charge in [0.15, 0.2) is 5.11 Å². The van der Waals surface area contributed by atoms with Gasteiger partial charge in [-0.25, -0.2) is 0 Å². The van der Waals surface area contributed by atoms with Crippen LogP contribution in [0.5, 0.6) is 5.75 Å². The number of ether oxygens (including phenoxy) is 1. The van der Waals surface area contributed by atoms with Crippen molar-refractivity contribution < 1.29 is 4.74 Å². The van der Waals surface area contributed by atoms with Crippen LogP contribution in [0.25, 0.3) is 0 Å². The number of benzene rings is 2. The third-order valence-corrected chi connectivity index (χ3v) is 4.27. The van der Waals surface area contributed by atoms with E-state index in [1.54, 1.807) is 0 Å². The topological polar surface area (TPSA) is 33.3 Å². The van der Waals surface area contributed by atoms with Crippen LogP contribution >= 0.6 is 12.2 Å². The zero-order valence-corrected chi connectivity index (χ0v) is 15.7. The van der Waals surface area contributed by atoms with Crippen molar-refractivity contribution in [3.63, 3.8) is 0 Å². The van der Waals surface area contributed by atoms with E-state index in [2.05, 4.69) is 49.6 Å². The van der Waals surface area contributed by atoms with Gasteiger partial charge in [-0.1, -0.05) is 31.2 Å². The van der Waals surface area contributed by atoms with Crippen molar-refractivity contribution in [3.05, 3.63) is 59.2 Å². The van der Waals surface area contributed by atoms with Gasteiger partial charge in [0.2, 0.25) is 0 Å². The van der Waals surface area contributed by atoms with Crippen LogP contribution in [0.4, 0.5) is 5.69 Å². The summed E-state index contributed by atoms with van der Waals surface area (Å²) in [6, 6.07) is 14.6. The Balaban J connectivity index is 2.04. The summed E-state index contributed by atoms with van der Waals surface area (Å²) >= 11 is 5.48. The average Bonchev–Trinajstić information content (AvgIpc) is 2.56. The summed E-state index contributed by atoms with van der Waals surface area (Å²) in [4.78, 5) is 0. The molecule has 0 aliphatic carbocycles. The van der Waals surface area contributed by atoms with E-state index in [9.17, 15) is 0 Å². The number of hydrogen-bond donors (Lipinski definition) is 2. The molecule has 2 aromatic rings. The number of nitrogens with one attached hydrogen (secondary N) is 2. The third kappa shape index (κ3) is 4.96. The molecule has 0 fully saturated rings. The molecule has 0 aliphatic rings. The fourth-order valence-corrected chi connectivity index (χ4v) is 2.82. The molecule has 0 spiro atoms. The fourth-order valence-electron chi connectivity index (χ4n) is 2.56. The molecular weight excluding hydrogens is 316 g/mol. The summed E-state index contributed by atoms with van der Waals surface area (Å²) in [5, 5.41) is 7.27. The van der Waals surface area contributed by atoms with E-state index in [0.717, 1.165) is 17.9 Å². The molecule has 3 nitrogen and oxygen atoms in total. The van der Waals surface area contributed by atoms with Crippen molar-refractivity contribution in [2.75, 3.05) is 11.9 Å². The van der Waals surface area contributed by atoms with Crippen molar-refractivity contribution in [3.8, 4) is 5.75 Å². The van der Waals surface area contributed by atoms with Crippen molar-refractivity contribution in [1.29, 1.82) is 0 Å². The Bertz CT molecular complexity index is 700. The first-order chi connectivity index (χ1) is 11.5. The number of anilines is 1. The summed E-state index contributed by atoms with van der Waals surface area (Å²) in [6.07, 6.45) is 0.962. The van der Waals surface area contributed by atoms with Gasteiger partial charge in [0.1, 0.15) is 5.75 Å². The highest BCUT2D eigenvalue weighted by molar-refractivity contribution is 7.80. The lowest BCUT2D eigenvalue weighted by molar-refractivity contribution is 0.340. The fraction of sp³-hybridized carbons (Fsp3) is 0.350. The first kappa shape index (κ1) is 18.3. The van der Waals surface area contributed by atoms with Crippen molar-refractivity contribution in [1.82, 2.24) is 5.32 Å². The van der Waals surface area contributed by atoms with Crippen LogP contribution in [-0.2, 0) is 0 Å². The molecule has 0 radical (unpaired) electrons. The minimum Gasteiger partial charge on any atom is -0.494 e. The summed E-state index contributed by atoms with van der Waals surface area (Å²) in [5.74, 6) is 0.839. The average molecular weight is 343 g/mol. The van der Waals surface area contributed by atoms with E-state index in [4.69, 9.17) is 17.0 Å². The van der Waals surface area contributed by atoms with Crippen LogP contribution in [0.1, 0.15) is 43.0 Å². The quantitative estimate of drug-likeness (QED) is 0.712. The highest BCUT2D eigenvalue weighted by atomic mass is 32.1. The van der Waals surface area contributed by atoms with Crippen LogP contribution in [0.2, 0.25) is 0 Å². The molecule has 0 saturated heterocycles. The Kier molecular flexibility index (Phi) is 6.62. The van der Waals surface area contributed by atoms with Crippen LogP contribution < -0.4 is 15.4 Å². The van der Waals surface area contributed by atoms with Crippen LogP contribution in [0.15, 0.2) is 42.5 Å². The second-order valence-corrected chi connectivity index (χ2v) is 6.27. The standard InChI is InChI=1S/C20H26N2OS/c1-5-19(16-11-10-14(3)15(4)12-16)22-20(24)21-17-8-7-9-18(13-17)23-6-2/h7-13,19H,5-6H2,1-4H3,(H2,21,22,24). The number of aryl methyl sites for hydroxylation is 2. The molecule has 24 heavy (non-hydrogen) atoms. The number of thiocarbonyl (C=S) groups is 1. The lowest BCUT2D eigenvalue weighted by Crippen LogP contribution is -2.32. The van der Waals surface area contributed by atoms with Gasteiger partial charge in [0.25, 0.3) is 0 Å². The molecule has 128 valence electrons. The Labute approximate surface area is 150 Å². The summed E-state index contributed by atoms with van der Waals surface area (Å²) in [6.45, 7) is 9.05. The predicted octanol–water partition coefficient (Wildman–Crippen LogP) is 5.14. The maximum Gasteiger partial charge on any atom is 0.171 e. The van der Waals surface area contributed by atoms with Crippen LogP contribution in [-0.4, -0.2) is 11.7 Å². The molecule has 1 unspecified atom stereocenters. The molecule has 0 saturated carbocycles. The highest BCUT2D eigenvalue weighted by Gasteiger charge is 2.11. The molecule has 0 aliphatic heterocycles. The van der Waals surface area contributed by atoms with Gasteiger partial charge in [-0.15, -0.1) is 0 Å². The normalized spacial score (nSPS) is 11.7. The van der Waals surface area contributed by atoms with Gasteiger partial charge >= 0.3 is 0 Å². The van der Waals surface area contributed by atoms with Crippen molar-refractivity contribution in [2.24, 2.45) is 0 Å². The van der Waals surface area contributed by atoms with Crippen LogP contribution in [0.3, 0.4) is 0 Å². The van der Waals surface area contributed by atoms with E-state index in [1.165, 1.54) is 16.7 Å². The van der Waals surface area contributed by atoms with Gasteiger partial charge < -0.3 is 15.4 Å². The number of hydrogen-bond acceptors (Lipinski definition) is 2. The molecule has 2 rings (SSSR count). The molecule has 0 heterocycles. The molecule has 0 bridgehead atoms. The summed E-state index contributed by atoms with van der Waals surface area (Å²) in [5.41, 5.74) is 4.79. The Hall–Kier alpha value is -2.07. The Morgan fingerprint density at radius 1 is 1.08 bits per heavy atom. The minimum atomic E-state index is 0.194. The van der Waals surface area contributed by atoms with Gasteiger partial charge in [-0.3, -0.25) is 0 Å². The maximum absolute atomic E-state index is 5.52. The van der Waals surface area contributed by atoms with Gasteiger partial charge in [-0.2, -0.15) is 0 Å². The van der Waals surface area contributed by atoms with E-state index >= 15 is 0 Å². The first-order valence-corrected chi connectivity index (χ1v) is 8.81. The van der Waals surface area contributed by atoms with Gasteiger partial charge in [0.05, 0.1) is 12.6 Å². The zero-order valence-electron chi connectivity index (χ0n) is 14.8. The Morgan fingerprint density at radius 2 is 1.88 bits per heavy atom. The molecule has 2 aromatic carbocycles. The van der Waals surface area contributed by atoms with E-state index in [-0.39, 0.29) is 6.04 Å². The largest absolute Gasteiger partial charge is 0.494 e. The predicted molar refractivity (Wildman–Crippen MR) is 106 cm³/mol. The summed E-state index contributed by atoms with van der Waals surface area (Å²) < 4.78 is 5.52. The molecule has 2 N–H and O–H groups in total. The van der Waals surface area contributed by atoms with E-state index in [1.807, 2.05) is 31.2 Å². The van der Waals surface area contributed by atoms with Crippen molar-refractivity contribution in [2.45, 2.75) is 40.2 Å². The molecular formula is C20H26N2OS. The molecule has 0 amide bonds. The number of rotatable bonds is 6. The van der Waals surface area contributed by atoms with E-state index < -0.39 is 0 Å². The SMILES string of the molecule is CCOc1cccc(NC(=S)NC(CC)c2ccc(C)c(C)c2)c1. The highest BCUT2D eigenvalue weighted by Crippen LogP contribution is 2.21. The lowest BCUT2D eigenvalue weighted by Gasteiger charge is -2.21. The monoisotopic (exact) mass is 342 g/mol. The molecule has 0 aromatic heterocycles. The molecule has 4 heteroatoms. The Morgan fingerprint density at radius 3 is 2.54 bits per heavy atom. The second-order valence-electron chi connectivity index (χ2n) is 5.86. The first-order valence-electron chi connectivity index (χ1n) is 8.41. The lowest BCUT2D eigenvalue weighted by atomic mass is 9.99. The maximum atomic E-state index is 5.52. The van der Waals surface area contributed by atoms with E-state index in [0.29, 0.717) is 11.7 Å². The zero-order chi connectivity index (χ0) is 17.5. The van der Waals surface area contributed by atoms with Gasteiger partial charge in [-0.05, 0) is 68.2 Å². The minimum absolute atomic E-state index is 0.194. The third-order valence-electron chi connectivity index (χ3n) is 4.05. The van der Waals surface area contributed by atoms with Gasteiger partial charge in [0, 0.05) is 11.8 Å². The summed E-state index contributed by atoms with van der Waals surface area (Å²) in [7, 11) is 0. The molecule has 1 atom stereocenters. The van der Waals surface area contributed by atoms with Crippen molar-refractivity contribution >= 4 is 23.0 Å². The smallest absolute Gasteiger partial charge is 0.171 e. The van der Waals surface area contributed by atoms with Crippen LogP contribution in [0, 0.1) is 13.8 Å². The second kappa shape index (κ2) is 8.69.